The van der Waals surface area contributed by atoms with Crippen molar-refractivity contribution in [2.24, 2.45) is 5.92 Å². The van der Waals surface area contributed by atoms with Crippen molar-refractivity contribution in [3.63, 3.8) is 0 Å². The van der Waals surface area contributed by atoms with Gasteiger partial charge in [0.1, 0.15) is 0 Å². The van der Waals surface area contributed by atoms with Crippen molar-refractivity contribution >= 4 is 12.0 Å². The average molecular weight is 286 g/mol. The van der Waals surface area contributed by atoms with E-state index in [1.54, 1.807) is 11.9 Å². The van der Waals surface area contributed by atoms with Gasteiger partial charge >= 0.3 is 12.0 Å². The zero-order valence-electron chi connectivity index (χ0n) is 12.4. The summed E-state index contributed by atoms with van der Waals surface area (Å²) in [6.45, 7) is 4.00. The van der Waals surface area contributed by atoms with Gasteiger partial charge in [0.2, 0.25) is 0 Å². The van der Waals surface area contributed by atoms with Crippen LogP contribution < -0.4 is 5.32 Å². The van der Waals surface area contributed by atoms with Gasteiger partial charge in [-0.25, -0.2) is 4.79 Å². The number of ether oxygens (including phenoxy) is 1. The molecule has 2 amide bonds. The highest BCUT2D eigenvalue weighted by molar-refractivity contribution is 5.73. The minimum absolute atomic E-state index is 0.0917. The number of carbonyl (C=O) groups is 2. The normalized spacial score (nSPS) is 19.6. The van der Waals surface area contributed by atoms with E-state index >= 15 is 0 Å². The molecule has 1 saturated heterocycles. The van der Waals surface area contributed by atoms with Gasteiger partial charge < -0.3 is 20.1 Å². The van der Waals surface area contributed by atoms with Crippen LogP contribution in [0, 0.1) is 5.92 Å². The van der Waals surface area contributed by atoms with E-state index < -0.39 is 5.97 Å². The van der Waals surface area contributed by atoms with Crippen molar-refractivity contribution in [2.75, 3.05) is 26.7 Å². The largest absolute Gasteiger partial charge is 0.481 e. The Hall–Kier alpha value is -1.30. The Morgan fingerprint density at radius 1 is 1.45 bits per heavy atom. The number of hydrogen-bond donors (Lipinski definition) is 2. The van der Waals surface area contributed by atoms with E-state index in [9.17, 15) is 9.59 Å². The molecule has 1 fully saturated rings. The lowest BCUT2D eigenvalue weighted by Gasteiger charge is -2.21. The number of carbonyl (C=O) groups excluding carboxylic acids is 1. The first-order valence-electron chi connectivity index (χ1n) is 7.31. The lowest BCUT2D eigenvalue weighted by molar-refractivity contribution is -0.137. The quantitative estimate of drug-likeness (QED) is 0.712. The summed E-state index contributed by atoms with van der Waals surface area (Å²) < 4.78 is 5.49. The molecule has 0 aromatic heterocycles. The maximum Gasteiger partial charge on any atom is 0.317 e. The third kappa shape index (κ3) is 6.75. The second-order valence-corrected chi connectivity index (χ2v) is 5.57. The van der Waals surface area contributed by atoms with Gasteiger partial charge in [0.15, 0.2) is 0 Å². The molecule has 0 aliphatic carbocycles. The van der Waals surface area contributed by atoms with Crippen LogP contribution in [0.15, 0.2) is 0 Å². The molecule has 6 nitrogen and oxygen atoms in total. The molecule has 1 rings (SSSR count). The van der Waals surface area contributed by atoms with Crippen LogP contribution in [-0.2, 0) is 9.53 Å². The minimum Gasteiger partial charge on any atom is -0.481 e. The van der Waals surface area contributed by atoms with Gasteiger partial charge in [-0.3, -0.25) is 4.79 Å². The van der Waals surface area contributed by atoms with E-state index in [-0.39, 0.29) is 18.6 Å². The third-order valence-corrected chi connectivity index (χ3v) is 3.61. The summed E-state index contributed by atoms with van der Waals surface area (Å²) in [6, 6.07) is -0.0917. The van der Waals surface area contributed by atoms with E-state index in [1.165, 1.54) is 0 Å². The van der Waals surface area contributed by atoms with Crippen LogP contribution in [0.4, 0.5) is 4.79 Å². The van der Waals surface area contributed by atoms with E-state index in [4.69, 9.17) is 9.84 Å². The first kappa shape index (κ1) is 16.8. The molecule has 0 aromatic rings. The number of amides is 2. The van der Waals surface area contributed by atoms with Crippen molar-refractivity contribution in [1.29, 1.82) is 0 Å². The number of urea groups is 1. The number of carboxylic acid groups (broad SMARTS) is 1. The highest BCUT2D eigenvalue weighted by atomic mass is 16.5. The first-order valence-corrected chi connectivity index (χ1v) is 7.31. The van der Waals surface area contributed by atoms with Gasteiger partial charge in [-0.05, 0) is 31.6 Å². The molecule has 0 bridgehead atoms. The molecule has 6 heteroatoms. The summed E-state index contributed by atoms with van der Waals surface area (Å²) in [5.41, 5.74) is 0. The molecular formula is C14H26N2O4. The maximum atomic E-state index is 11.8. The van der Waals surface area contributed by atoms with Gasteiger partial charge in [0.25, 0.3) is 0 Å². The van der Waals surface area contributed by atoms with E-state index in [0.29, 0.717) is 25.4 Å². The number of nitrogens with one attached hydrogen (secondary N) is 1. The lowest BCUT2D eigenvalue weighted by atomic mass is 10.0. The molecule has 116 valence electrons. The smallest absolute Gasteiger partial charge is 0.317 e. The molecule has 2 atom stereocenters. The summed E-state index contributed by atoms with van der Waals surface area (Å²) in [5, 5.41) is 11.5. The van der Waals surface area contributed by atoms with Gasteiger partial charge in [-0.1, -0.05) is 6.92 Å². The van der Waals surface area contributed by atoms with Crippen molar-refractivity contribution < 1.29 is 19.4 Å². The molecule has 1 aliphatic heterocycles. The second-order valence-electron chi connectivity index (χ2n) is 5.57. The number of likely N-dealkylation sites (N-methyl/N-ethyl adjacent to an activating group) is 1. The predicted octanol–water partition coefficient (Wildman–Crippen LogP) is 1.70. The molecule has 2 unspecified atom stereocenters. The maximum absolute atomic E-state index is 11.8. The van der Waals surface area contributed by atoms with Gasteiger partial charge in [-0.15, -0.1) is 0 Å². The first-order chi connectivity index (χ1) is 9.49. The second kappa shape index (κ2) is 8.79. The molecular weight excluding hydrogens is 260 g/mol. The summed E-state index contributed by atoms with van der Waals surface area (Å²) in [7, 11) is 1.77. The zero-order chi connectivity index (χ0) is 15.0. The van der Waals surface area contributed by atoms with Crippen molar-refractivity contribution in [3.8, 4) is 0 Å². The monoisotopic (exact) mass is 286 g/mol. The highest BCUT2D eigenvalue weighted by Crippen LogP contribution is 2.13. The molecule has 0 aromatic carbocycles. The predicted molar refractivity (Wildman–Crippen MR) is 75.7 cm³/mol. The van der Waals surface area contributed by atoms with E-state index in [0.717, 1.165) is 25.9 Å². The fraction of sp³-hybridized carbons (Fsp3) is 0.857. The molecule has 1 heterocycles. The fourth-order valence-corrected chi connectivity index (χ4v) is 2.25. The van der Waals surface area contributed by atoms with Gasteiger partial charge in [0.05, 0.1) is 6.10 Å². The van der Waals surface area contributed by atoms with Crippen LogP contribution in [-0.4, -0.2) is 54.9 Å². The third-order valence-electron chi connectivity index (χ3n) is 3.61. The Morgan fingerprint density at radius 2 is 2.20 bits per heavy atom. The Labute approximate surface area is 120 Å². The topological polar surface area (TPSA) is 78.9 Å². The lowest BCUT2D eigenvalue weighted by Crippen LogP contribution is -2.41. The summed E-state index contributed by atoms with van der Waals surface area (Å²) in [6.07, 6.45) is 3.89. The van der Waals surface area contributed by atoms with Crippen LogP contribution >= 0.6 is 0 Å². The van der Waals surface area contributed by atoms with Crippen LogP contribution in [0.1, 0.15) is 39.0 Å². The summed E-state index contributed by atoms with van der Waals surface area (Å²) >= 11 is 0. The minimum atomic E-state index is -0.766. The Morgan fingerprint density at radius 3 is 2.80 bits per heavy atom. The number of hydrogen-bond acceptors (Lipinski definition) is 3. The zero-order valence-corrected chi connectivity index (χ0v) is 12.4. The molecule has 20 heavy (non-hydrogen) atoms. The van der Waals surface area contributed by atoms with Gasteiger partial charge in [-0.2, -0.15) is 0 Å². The summed E-state index contributed by atoms with van der Waals surface area (Å²) in [5.74, 6) is -0.466. The van der Waals surface area contributed by atoms with Crippen LogP contribution in [0.3, 0.4) is 0 Å². The molecule has 0 radical (unpaired) electrons. The molecule has 0 spiro atoms. The Balaban J connectivity index is 2.10. The van der Waals surface area contributed by atoms with Crippen molar-refractivity contribution in [3.05, 3.63) is 0 Å². The number of nitrogens with zero attached hydrogens (tertiary/aromatic N) is 1. The average Bonchev–Trinajstić information content (AvgIpc) is 2.89. The van der Waals surface area contributed by atoms with Crippen LogP contribution in [0.5, 0.6) is 0 Å². The number of carboxylic acids is 1. The SMILES string of the molecule is CC(CCNC(=O)N(C)CC1CCCO1)CCC(=O)O. The van der Waals surface area contributed by atoms with E-state index in [2.05, 4.69) is 5.32 Å². The summed E-state index contributed by atoms with van der Waals surface area (Å²) in [4.78, 5) is 23.9. The fourth-order valence-electron chi connectivity index (χ4n) is 2.25. The van der Waals surface area contributed by atoms with E-state index in [1.807, 2.05) is 6.92 Å². The molecule has 2 N–H and O–H groups in total. The Bertz CT molecular complexity index is 316. The number of rotatable bonds is 8. The van der Waals surface area contributed by atoms with Crippen LogP contribution in [0.25, 0.3) is 0 Å². The number of aliphatic carboxylic acids is 1. The standard InChI is InChI=1S/C14H26N2O4/c1-11(5-6-13(17)18)7-8-15-14(19)16(2)10-12-4-3-9-20-12/h11-12H,3-10H2,1-2H3,(H,15,19)(H,17,18). The highest BCUT2D eigenvalue weighted by Gasteiger charge is 2.19. The Kier molecular flexibility index (Phi) is 7.36. The van der Waals surface area contributed by atoms with Crippen LogP contribution in [0.2, 0.25) is 0 Å². The van der Waals surface area contributed by atoms with Gasteiger partial charge in [0, 0.05) is 33.2 Å². The van der Waals surface area contributed by atoms with Crippen molar-refractivity contribution in [2.45, 2.75) is 45.1 Å². The van der Waals surface area contributed by atoms with Crippen molar-refractivity contribution in [1.82, 2.24) is 10.2 Å². The molecule has 0 saturated carbocycles. The molecule has 1 aliphatic rings.